The Bertz CT molecular complexity index is 484. The zero-order valence-corrected chi connectivity index (χ0v) is 11.1. The smallest absolute Gasteiger partial charge is 0.161 e. The molecule has 1 aromatic rings. The standard InChI is InChI=1S/C15H19NO3/c1-2-16-15(13-4-3-7-17-13)11-5-6-12-14(10-11)19-9-8-18-12/h4-6,10,15-16H,2-3,7-9H2,1H3. The fourth-order valence-corrected chi connectivity index (χ4v) is 2.46. The van der Waals surface area contributed by atoms with Crippen LogP contribution in [-0.4, -0.2) is 26.4 Å². The van der Waals surface area contributed by atoms with Crippen LogP contribution in [0.1, 0.15) is 24.9 Å². The van der Waals surface area contributed by atoms with E-state index in [2.05, 4.69) is 24.4 Å². The average molecular weight is 261 g/mol. The molecule has 2 heterocycles. The van der Waals surface area contributed by atoms with Gasteiger partial charge in [-0.25, -0.2) is 0 Å². The fourth-order valence-electron chi connectivity index (χ4n) is 2.46. The maximum Gasteiger partial charge on any atom is 0.161 e. The summed E-state index contributed by atoms with van der Waals surface area (Å²) >= 11 is 0. The first kappa shape index (κ1) is 12.4. The first-order valence-corrected chi connectivity index (χ1v) is 6.84. The van der Waals surface area contributed by atoms with Crippen molar-refractivity contribution < 1.29 is 14.2 Å². The number of likely N-dealkylation sites (N-methyl/N-ethyl adjacent to an activating group) is 1. The molecule has 0 saturated carbocycles. The highest BCUT2D eigenvalue weighted by atomic mass is 16.6. The molecule has 0 spiro atoms. The number of nitrogens with one attached hydrogen (secondary N) is 1. The zero-order valence-electron chi connectivity index (χ0n) is 11.1. The zero-order chi connectivity index (χ0) is 13.1. The summed E-state index contributed by atoms with van der Waals surface area (Å²) in [6.45, 7) is 5.00. The van der Waals surface area contributed by atoms with E-state index in [0.717, 1.165) is 42.4 Å². The van der Waals surface area contributed by atoms with Gasteiger partial charge in [-0.1, -0.05) is 13.0 Å². The topological polar surface area (TPSA) is 39.7 Å². The molecule has 2 aliphatic heterocycles. The number of hydrogen-bond acceptors (Lipinski definition) is 4. The molecule has 4 nitrogen and oxygen atoms in total. The van der Waals surface area contributed by atoms with Gasteiger partial charge in [-0.15, -0.1) is 0 Å². The molecule has 1 unspecified atom stereocenters. The van der Waals surface area contributed by atoms with Gasteiger partial charge in [0.05, 0.1) is 12.6 Å². The number of fused-ring (bicyclic) bond motifs is 1. The fraction of sp³-hybridized carbons (Fsp3) is 0.467. The minimum absolute atomic E-state index is 0.100. The Balaban J connectivity index is 1.89. The summed E-state index contributed by atoms with van der Waals surface area (Å²) < 4.78 is 16.9. The summed E-state index contributed by atoms with van der Waals surface area (Å²) in [6.07, 6.45) is 3.14. The van der Waals surface area contributed by atoms with Crippen molar-refractivity contribution in [2.45, 2.75) is 19.4 Å². The molecule has 1 aromatic carbocycles. The highest BCUT2D eigenvalue weighted by Gasteiger charge is 2.22. The molecule has 0 bridgehead atoms. The van der Waals surface area contributed by atoms with Gasteiger partial charge in [0.2, 0.25) is 0 Å². The summed E-state index contributed by atoms with van der Waals surface area (Å²) in [4.78, 5) is 0. The molecule has 0 saturated heterocycles. The van der Waals surface area contributed by atoms with Crippen molar-refractivity contribution in [3.05, 3.63) is 35.6 Å². The van der Waals surface area contributed by atoms with Crippen LogP contribution in [0.2, 0.25) is 0 Å². The van der Waals surface area contributed by atoms with Gasteiger partial charge in [-0.05, 0) is 30.3 Å². The summed E-state index contributed by atoms with van der Waals surface area (Å²) in [5, 5.41) is 3.46. The van der Waals surface area contributed by atoms with E-state index in [-0.39, 0.29) is 6.04 Å². The highest BCUT2D eigenvalue weighted by molar-refractivity contribution is 5.45. The Morgan fingerprint density at radius 3 is 2.68 bits per heavy atom. The summed E-state index contributed by atoms with van der Waals surface area (Å²) in [6, 6.07) is 6.19. The molecule has 0 radical (unpaired) electrons. The monoisotopic (exact) mass is 261 g/mol. The summed E-state index contributed by atoms with van der Waals surface area (Å²) in [5.41, 5.74) is 1.15. The maximum absolute atomic E-state index is 5.69. The van der Waals surface area contributed by atoms with Crippen LogP contribution in [0.3, 0.4) is 0 Å². The number of hydrogen-bond donors (Lipinski definition) is 1. The van der Waals surface area contributed by atoms with E-state index >= 15 is 0 Å². The van der Waals surface area contributed by atoms with Gasteiger partial charge in [0.15, 0.2) is 11.5 Å². The lowest BCUT2D eigenvalue weighted by atomic mass is 10.0. The number of ether oxygens (including phenoxy) is 3. The minimum atomic E-state index is 0.100. The predicted octanol–water partition coefficient (Wildman–Crippen LogP) is 2.41. The lowest BCUT2D eigenvalue weighted by Crippen LogP contribution is -2.23. The molecular formula is C15H19NO3. The van der Waals surface area contributed by atoms with Crippen LogP contribution in [0.15, 0.2) is 30.0 Å². The van der Waals surface area contributed by atoms with Crippen LogP contribution in [0, 0.1) is 0 Å². The Morgan fingerprint density at radius 1 is 1.11 bits per heavy atom. The SMILES string of the molecule is CCNC(C1=CCCO1)c1ccc2c(c1)OCCO2. The number of rotatable bonds is 4. The van der Waals surface area contributed by atoms with Crippen molar-refractivity contribution in [1.29, 1.82) is 0 Å². The van der Waals surface area contributed by atoms with E-state index in [1.807, 2.05) is 12.1 Å². The first-order chi connectivity index (χ1) is 9.38. The van der Waals surface area contributed by atoms with Gasteiger partial charge in [0, 0.05) is 6.42 Å². The molecular weight excluding hydrogens is 242 g/mol. The Labute approximate surface area is 113 Å². The van der Waals surface area contributed by atoms with Crippen LogP contribution >= 0.6 is 0 Å². The van der Waals surface area contributed by atoms with Crippen molar-refractivity contribution in [2.24, 2.45) is 0 Å². The van der Waals surface area contributed by atoms with Crippen LogP contribution < -0.4 is 14.8 Å². The first-order valence-electron chi connectivity index (χ1n) is 6.84. The van der Waals surface area contributed by atoms with E-state index in [0.29, 0.717) is 13.2 Å². The predicted molar refractivity (Wildman–Crippen MR) is 72.5 cm³/mol. The van der Waals surface area contributed by atoms with Crippen LogP contribution in [0.4, 0.5) is 0 Å². The van der Waals surface area contributed by atoms with Gasteiger partial charge in [-0.2, -0.15) is 0 Å². The lowest BCUT2D eigenvalue weighted by Gasteiger charge is -2.23. The largest absolute Gasteiger partial charge is 0.496 e. The number of benzene rings is 1. The molecule has 0 fully saturated rings. The third-order valence-electron chi connectivity index (χ3n) is 3.32. The van der Waals surface area contributed by atoms with Crippen LogP contribution in [-0.2, 0) is 4.74 Å². The second-order valence-electron chi connectivity index (χ2n) is 4.64. The molecule has 1 atom stereocenters. The third-order valence-corrected chi connectivity index (χ3v) is 3.32. The van der Waals surface area contributed by atoms with E-state index < -0.39 is 0 Å². The van der Waals surface area contributed by atoms with Gasteiger partial charge >= 0.3 is 0 Å². The lowest BCUT2D eigenvalue weighted by molar-refractivity contribution is 0.171. The Kier molecular flexibility index (Phi) is 3.60. The van der Waals surface area contributed by atoms with Crippen molar-refractivity contribution in [3.8, 4) is 11.5 Å². The molecule has 4 heteroatoms. The normalized spacial score (nSPS) is 18.7. The van der Waals surface area contributed by atoms with Crippen LogP contribution in [0.25, 0.3) is 0 Å². The van der Waals surface area contributed by atoms with E-state index in [1.165, 1.54) is 0 Å². The second kappa shape index (κ2) is 5.53. The molecule has 3 rings (SSSR count). The maximum atomic E-state index is 5.69. The highest BCUT2D eigenvalue weighted by Crippen LogP contribution is 2.35. The second-order valence-corrected chi connectivity index (χ2v) is 4.64. The van der Waals surface area contributed by atoms with Crippen molar-refractivity contribution in [1.82, 2.24) is 5.32 Å². The van der Waals surface area contributed by atoms with Crippen molar-refractivity contribution in [3.63, 3.8) is 0 Å². The van der Waals surface area contributed by atoms with Gasteiger partial charge in [0.1, 0.15) is 19.0 Å². The molecule has 0 aromatic heterocycles. The molecule has 2 aliphatic rings. The van der Waals surface area contributed by atoms with E-state index in [1.54, 1.807) is 0 Å². The van der Waals surface area contributed by atoms with Crippen molar-refractivity contribution in [2.75, 3.05) is 26.4 Å². The Hall–Kier alpha value is -1.68. The summed E-state index contributed by atoms with van der Waals surface area (Å²) in [7, 11) is 0. The minimum Gasteiger partial charge on any atom is -0.496 e. The van der Waals surface area contributed by atoms with E-state index in [4.69, 9.17) is 14.2 Å². The van der Waals surface area contributed by atoms with Gasteiger partial charge < -0.3 is 19.5 Å². The van der Waals surface area contributed by atoms with Crippen molar-refractivity contribution >= 4 is 0 Å². The summed E-state index contributed by atoms with van der Waals surface area (Å²) in [5.74, 6) is 2.66. The van der Waals surface area contributed by atoms with Crippen LogP contribution in [0.5, 0.6) is 11.5 Å². The van der Waals surface area contributed by atoms with Gasteiger partial charge in [-0.3, -0.25) is 0 Å². The average Bonchev–Trinajstić information content (AvgIpc) is 2.98. The van der Waals surface area contributed by atoms with E-state index in [9.17, 15) is 0 Å². The Morgan fingerprint density at radius 2 is 1.95 bits per heavy atom. The molecule has 102 valence electrons. The van der Waals surface area contributed by atoms with Gasteiger partial charge in [0.25, 0.3) is 0 Å². The third kappa shape index (κ3) is 2.54. The molecule has 19 heavy (non-hydrogen) atoms. The molecule has 0 amide bonds. The quantitative estimate of drug-likeness (QED) is 0.903. The molecule has 0 aliphatic carbocycles. The molecule has 1 N–H and O–H groups in total.